The van der Waals surface area contributed by atoms with Crippen molar-refractivity contribution in [2.45, 2.75) is 16.7 Å². The molecule has 26 heavy (non-hydrogen) atoms. The fraction of sp³-hybridized carbons (Fsp3) is 0.250. The Bertz CT molecular complexity index is 866. The van der Waals surface area contributed by atoms with Gasteiger partial charge in [0.25, 0.3) is 0 Å². The molecule has 140 valence electrons. The number of aromatic nitrogens is 1. The number of nitrogens with one attached hydrogen (secondary N) is 1. The molecule has 0 aliphatic rings. The number of methoxy groups -OCH3 is 1. The number of carbonyl (C=O) groups excluding carboxylic acids is 1. The number of benzene rings is 1. The van der Waals surface area contributed by atoms with Gasteiger partial charge in [0.2, 0.25) is 10.0 Å². The molecular formula is C16H16BrClN2O4S2. The zero-order valence-corrected chi connectivity index (χ0v) is 17.7. The van der Waals surface area contributed by atoms with E-state index in [9.17, 15) is 13.2 Å². The van der Waals surface area contributed by atoms with Crippen LogP contribution < -0.4 is 4.72 Å². The predicted molar refractivity (Wildman–Crippen MR) is 106 cm³/mol. The molecule has 2 aromatic rings. The second-order valence-electron chi connectivity index (χ2n) is 5.14. The van der Waals surface area contributed by atoms with Crippen molar-refractivity contribution in [2.75, 3.05) is 12.9 Å². The number of sulfonamides is 1. The molecule has 6 nitrogen and oxygen atoms in total. The minimum atomic E-state index is -3.96. The molecule has 1 atom stereocenters. The summed E-state index contributed by atoms with van der Waals surface area (Å²) in [5, 5.41) is 0.145. The number of halogens is 2. The number of nitrogens with zero attached hydrogens (tertiary/aromatic N) is 1. The van der Waals surface area contributed by atoms with Gasteiger partial charge in [-0.3, -0.25) is 4.79 Å². The first kappa shape index (κ1) is 21.2. The van der Waals surface area contributed by atoms with Crippen molar-refractivity contribution in [3.63, 3.8) is 0 Å². The highest BCUT2D eigenvalue weighted by Crippen LogP contribution is 2.23. The van der Waals surface area contributed by atoms with E-state index in [0.717, 1.165) is 11.8 Å². The maximum Gasteiger partial charge on any atom is 0.324 e. The molecule has 0 spiro atoms. The molecule has 0 fully saturated rings. The Kier molecular flexibility index (Phi) is 7.90. The Labute approximate surface area is 169 Å². The maximum atomic E-state index is 12.5. The number of rotatable bonds is 8. The van der Waals surface area contributed by atoms with Crippen LogP contribution in [0.1, 0.15) is 5.56 Å². The first-order valence-corrected chi connectivity index (χ1v) is 11.2. The summed E-state index contributed by atoms with van der Waals surface area (Å²) in [6.07, 6.45) is 1.13. The van der Waals surface area contributed by atoms with E-state index in [2.05, 4.69) is 25.6 Å². The molecule has 0 radical (unpaired) electrons. The molecule has 0 aliphatic heterocycles. The second-order valence-corrected chi connectivity index (χ2v) is 9.10. The van der Waals surface area contributed by atoms with Gasteiger partial charge in [-0.1, -0.05) is 41.9 Å². The fourth-order valence-corrected chi connectivity index (χ4v) is 4.83. The number of esters is 1. The van der Waals surface area contributed by atoms with Gasteiger partial charge in [-0.05, 0) is 27.6 Å². The van der Waals surface area contributed by atoms with Crippen LogP contribution in [0.25, 0.3) is 0 Å². The van der Waals surface area contributed by atoms with Crippen LogP contribution in [0.4, 0.5) is 0 Å². The summed E-state index contributed by atoms with van der Waals surface area (Å²) < 4.78 is 32.5. The average molecular weight is 480 g/mol. The van der Waals surface area contributed by atoms with Gasteiger partial charge >= 0.3 is 5.97 Å². The monoisotopic (exact) mass is 478 g/mol. The largest absolute Gasteiger partial charge is 0.468 e. The zero-order valence-electron chi connectivity index (χ0n) is 13.7. The lowest BCUT2D eigenvalue weighted by Gasteiger charge is -2.16. The molecule has 1 heterocycles. The van der Waals surface area contributed by atoms with Gasteiger partial charge in [-0.25, -0.2) is 13.4 Å². The summed E-state index contributed by atoms with van der Waals surface area (Å²) in [6.45, 7) is 0. The lowest BCUT2D eigenvalue weighted by atomic mass is 10.2. The first-order chi connectivity index (χ1) is 12.3. The lowest BCUT2D eigenvalue weighted by Crippen LogP contribution is -2.43. The van der Waals surface area contributed by atoms with Crippen LogP contribution in [-0.4, -0.2) is 38.3 Å². The minimum absolute atomic E-state index is 0.101. The van der Waals surface area contributed by atoms with E-state index in [1.165, 1.54) is 24.9 Å². The van der Waals surface area contributed by atoms with Crippen molar-refractivity contribution in [3.05, 3.63) is 57.8 Å². The Morgan fingerprint density at radius 2 is 2.08 bits per heavy atom. The van der Waals surface area contributed by atoms with Crippen molar-refractivity contribution < 1.29 is 17.9 Å². The quantitative estimate of drug-likeness (QED) is 0.462. The number of pyridine rings is 1. The average Bonchev–Trinajstić information content (AvgIpc) is 2.63. The SMILES string of the molecule is COC(=O)[C@H](CSCc1ccccc1)NS(=O)(=O)c1cnc(Cl)c(Br)c1. The van der Waals surface area contributed by atoms with E-state index in [0.29, 0.717) is 10.2 Å². The van der Waals surface area contributed by atoms with Crippen molar-refractivity contribution in [3.8, 4) is 0 Å². The summed E-state index contributed by atoms with van der Waals surface area (Å²) in [4.78, 5) is 15.7. The highest BCUT2D eigenvalue weighted by atomic mass is 79.9. The number of carbonyl (C=O) groups is 1. The number of thioether (sulfide) groups is 1. The minimum Gasteiger partial charge on any atom is -0.468 e. The second kappa shape index (κ2) is 9.70. The normalized spacial score (nSPS) is 12.6. The third kappa shape index (κ3) is 5.95. The van der Waals surface area contributed by atoms with Gasteiger partial charge in [0.1, 0.15) is 16.1 Å². The van der Waals surface area contributed by atoms with Crippen LogP contribution in [0.2, 0.25) is 5.15 Å². The van der Waals surface area contributed by atoms with Gasteiger partial charge < -0.3 is 4.74 Å². The molecule has 0 saturated carbocycles. The third-order valence-corrected chi connectivity index (χ3v) is 6.94. The summed E-state index contributed by atoms with van der Waals surface area (Å²) >= 11 is 10.3. The Hall–Kier alpha value is -1.13. The number of hydrogen-bond acceptors (Lipinski definition) is 6. The third-order valence-electron chi connectivity index (χ3n) is 3.26. The molecule has 1 aromatic carbocycles. The fourth-order valence-electron chi connectivity index (χ4n) is 1.97. The van der Waals surface area contributed by atoms with Gasteiger partial charge in [0, 0.05) is 17.7 Å². The van der Waals surface area contributed by atoms with Crippen molar-refractivity contribution in [1.29, 1.82) is 0 Å². The van der Waals surface area contributed by atoms with Crippen molar-refractivity contribution >= 4 is 55.3 Å². The predicted octanol–water partition coefficient (Wildman–Crippen LogP) is 3.25. The van der Waals surface area contributed by atoms with E-state index in [1.54, 1.807) is 0 Å². The highest BCUT2D eigenvalue weighted by molar-refractivity contribution is 9.10. The van der Waals surface area contributed by atoms with E-state index >= 15 is 0 Å². The smallest absolute Gasteiger partial charge is 0.324 e. The maximum absolute atomic E-state index is 12.5. The van der Waals surface area contributed by atoms with Gasteiger partial charge in [-0.2, -0.15) is 16.5 Å². The summed E-state index contributed by atoms with van der Waals surface area (Å²) in [5.41, 5.74) is 1.08. The number of hydrogen-bond donors (Lipinski definition) is 1. The standard InChI is InChI=1S/C16H16BrClN2O4S2/c1-24-16(21)14(10-25-9-11-5-3-2-4-6-11)20-26(22,23)12-7-13(17)15(18)19-8-12/h2-8,14,20H,9-10H2,1H3/t14-/m0/s1. The lowest BCUT2D eigenvalue weighted by molar-refractivity contribution is -0.141. The molecule has 1 aromatic heterocycles. The highest BCUT2D eigenvalue weighted by Gasteiger charge is 2.27. The number of ether oxygens (including phenoxy) is 1. The molecule has 0 bridgehead atoms. The summed E-state index contributed by atoms with van der Waals surface area (Å²) in [6, 6.07) is 9.97. The topological polar surface area (TPSA) is 85.4 Å². The molecule has 2 rings (SSSR count). The molecule has 0 unspecified atom stereocenters. The molecule has 0 saturated heterocycles. The van der Waals surface area contributed by atoms with E-state index in [-0.39, 0.29) is 15.8 Å². The van der Waals surface area contributed by atoms with Crippen molar-refractivity contribution in [1.82, 2.24) is 9.71 Å². The van der Waals surface area contributed by atoms with E-state index in [4.69, 9.17) is 16.3 Å². The summed E-state index contributed by atoms with van der Waals surface area (Å²) in [7, 11) is -2.75. The molecule has 0 aliphatic carbocycles. The Morgan fingerprint density at radius 1 is 1.38 bits per heavy atom. The van der Waals surface area contributed by atoms with Crippen LogP contribution in [0.15, 0.2) is 52.0 Å². The van der Waals surface area contributed by atoms with Crippen LogP contribution >= 0.6 is 39.3 Å². The van der Waals surface area contributed by atoms with E-state index in [1.807, 2.05) is 30.3 Å². The Balaban J connectivity index is 2.08. The zero-order chi connectivity index (χ0) is 19.2. The van der Waals surface area contributed by atoms with Gasteiger partial charge in [-0.15, -0.1) is 0 Å². The summed E-state index contributed by atoms with van der Waals surface area (Å²) in [5.74, 6) is 0.211. The van der Waals surface area contributed by atoms with Crippen LogP contribution in [0.5, 0.6) is 0 Å². The Morgan fingerprint density at radius 3 is 2.69 bits per heavy atom. The van der Waals surface area contributed by atoms with Crippen LogP contribution in [-0.2, 0) is 25.3 Å². The van der Waals surface area contributed by atoms with Crippen LogP contribution in [0, 0.1) is 0 Å². The molecular weight excluding hydrogens is 464 g/mol. The molecule has 0 amide bonds. The van der Waals surface area contributed by atoms with Crippen molar-refractivity contribution in [2.24, 2.45) is 0 Å². The molecule has 1 N–H and O–H groups in total. The molecule has 10 heteroatoms. The van der Waals surface area contributed by atoms with Gasteiger partial charge in [0.15, 0.2) is 0 Å². The van der Waals surface area contributed by atoms with Gasteiger partial charge in [0.05, 0.1) is 11.6 Å². The van der Waals surface area contributed by atoms with Crippen LogP contribution in [0.3, 0.4) is 0 Å². The first-order valence-electron chi connectivity index (χ1n) is 7.36. The van der Waals surface area contributed by atoms with E-state index < -0.39 is 22.0 Å².